The highest BCUT2D eigenvalue weighted by atomic mass is 16.5. The molecule has 1 unspecified atom stereocenters. The van der Waals surface area contributed by atoms with Crippen LogP contribution in [0.15, 0.2) is 30.3 Å². The molecule has 0 aliphatic carbocycles. The molecule has 1 atom stereocenters. The first-order valence-electron chi connectivity index (χ1n) is 9.63. The Labute approximate surface area is 154 Å². The minimum absolute atomic E-state index is 0.00897. The van der Waals surface area contributed by atoms with E-state index < -0.39 is 0 Å². The standard InChI is InChI=1S/C20H27N3O3/c24-19-10-16(20(25)21-11-15-4-2-1-3-5-15)12-23(19)18-13-22(14-18)17-6-8-26-9-7-17/h1-5,16-18H,6-14H2,(H,21,25). The molecule has 26 heavy (non-hydrogen) atoms. The quantitative estimate of drug-likeness (QED) is 0.855. The number of likely N-dealkylation sites (tertiary alicyclic amines) is 2. The number of nitrogens with zero attached hydrogens (tertiary/aromatic N) is 2. The first-order valence-corrected chi connectivity index (χ1v) is 9.63. The van der Waals surface area contributed by atoms with E-state index in [1.807, 2.05) is 35.2 Å². The summed E-state index contributed by atoms with van der Waals surface area (Å²) >= 11 is 0. The van der Waals surface area contributed by atoms with Gasteiger partial charge in [-0.1, -0.05) is 30.3 Å². The van der Waals surface area contributed by atoms with Crippen molar-refractivity contribution in [3.05, 3.63) is 35.9 Å². The van der Waals surface area contributed by atoms with Crippen LogP contribution in [0.2, 0.25) is 0 Å². The first kappa shape index (κ1) is 17.5. The summed E-state index contributed by atoms with van der Waals surface area (Å²) in [4.78, 5) is 29.2. The number of amides is 2. The van der Waals surface area contributed by atoms with E-state index in [2.05, 4.69) is 10.2 Å². The molecule has 3 aliphatic rings. The van der Waals surface area contributed by atoms with E-state index in [-0.39, 0.29) is 23.8 Å². The van der Waals surface area contributed by atoms with Gasteiger partial charge in [-0.25, -0.2) is 0 Å². The van der Waals surface area contributed by atoms with Crippen LogP contribution >= 0.6 is 0 Å². The van der Waals surface area contributed by atoms with Gasteiger partial charge in [0.05, 0.1) is 12.0 Å². The lowest BCUT2D eigenvalue weighted by Gasteiger charge is -2.48. The van der Waals surface area contributed by atoms with Crippen molar-refractivity contribution >= 4 is 11.8 Å². The van der Waals surface area contributed by atoms with Gasteiger partial charge in [-0.2, -0.15) is 0 Å². The number of rotatable bonds is 5. The van der Waals surface area contributed by atoms with Crippen LogP contribution in [0.25, 0.3) is 0 Å². The molecule has 140 valence electrons. The van der Waals surface area contributed by atoms with Crippen molar-refractivity contribution in [2.45, 2.75) is 37.9 Å². The Balaban J connectivity index is 1.24. The minimum Gasteiger partial charge on any atom is -0.381 e. The molecule has 0 bridgehead atoms. The maximum Gasteiger partial charge on any atom is 0.225 e. The van der Waals surface area contributed by atoms with Gasteiger partial charge < -0.3 is 15.0 Å². The second kappa shape index (κ2) is 7.76. The SMILES string of the molecule is O=C(NCc1ccccc1)C1CC(=O)N(C2CN(C3CCOCC3)C2)C1. The van der Waals surface area contributed by atoms with E-state index in [1.54, 1.807) is 0 Å². The lowest BCUT2D eigenvalue weighted by molar-refractivity contribution is -0.134. The number of carbonyl (C=O) groups is 2. The highest BCUT2D eigenvalue weighted by molar-refractivity contribution is 5.89. The molecule has 0 radical (unpaired) electrons. The Morgan fingerprint density at radius 1 is 1.08 bits per heavy atom. The summed E-state index contributed by atoms with van der Waals surface area (Å²) in [7, 11) is 0. The summed E-state index contributed by atoms with van der Waals surface area (Å²) < 4.78 is 5.42. The molecule has 3 aliphatic heterocycles. The fourth-order valence-electron chi connectivity index (χ4n) is 4.22. The maximum atomic E-state index is 12.4. The molecule has 6 nitrogen and oxygen atoms in total. The maximum absolute atomic E-state index is 12.4. The van der Waals surface area contributed by atoms with Gasteiger partial charge in [0.2, 0.25) is 11.8 Å². The Hall–Kier alpha value is -1.92. The highest BCUT2D eigenvalue weighted by Crippen LogP contribution is 2.28. The Kier molecular flexibility index (Phi) is 5.22. The fraction of sp³-hybridized carbons (Fsp3) is 0.600. The van der Waals surface area contributed by atoms with Crippen molar-refractivity contribution in [3.8, 4) is 0 Å². The Morgan fingerprint density at radius 3 is 2.54 bits per heavy atom. The van der Waals surface area contributed by atoms with Crippen LogP contribution in [0.1, 0.15) is 24.8 Å². The third-order valence-electron chi connectivity index (χ3n) is 5.88. The largest absolute Gasteiger partial charge is 0.381 e. The molecule has 3 saturated heterocycles. The molecule has 0 aromatic heterocycles. The summed E-state index contributed by atoms with van der Waals surface area (Å²) in [6.45, 7) is 4.65. The first-order chi connectivity index (χ1) is 12.7. The molecular formula is C20H27N3O3. The molecule has 1 aromatic carbocycles. The van der Waals surface area contributed by atoms with E-state index in [4.69, 9.17) is 4.74 Å². The summed E-state index contributed by atoms with van der Waals surface area (Å²) in [6.07, 6.45) is 2.52. The molecule has 4 rings (SSSR count). The number of hydrogen-bond donors (Lipinski definition) is 1. The van der Waals surface area contributed by atoms with Gasteiger partial charge in [0.15, 0.2) is 0 Å². The number of ether oxygens (including phenoxy) is 1. The van der Waals surface area contributed by atoms with Crippen LogP contribution in [0.4, 0.5) is 0 Å². The second-order valence-electron chi connectivity index (χ2n) is 7.60. The van der Waals surface area contributed by atoms with Crippen molar-refractivity contribution in [1.29, 1.82) is 0 Å². The van der Waals surface area contributed by atoms with Crippen LogP contribution in [-0.4, -0.2) is 66.5 Å². The topological polar surface area (TPSA) is 61.9 Å². The van der Waals surface area contributed by atoms with Crippen LogP contribution in [0.3, 0.4) is 0 Å². The van der Waals surface area contributed by atoms with Gasteiger partial charge in [-0.3, -0.25) is 14.5 Å². The van der Waals surface area contributed by atoms with E-state index in [0.29, 0.717) is 25.6 Å². The molecule has 0 spiro atoms. The van der Waals surface area contributed by atoms with Crippen molar-refractivity contribution in [1.82, 2.24) is 15.1 Å². The van der Waals surface area contributed by atoms with Crippen molar-refractivity contribution < 1.29 is 14.3 Å². The van der Waals surface area contributed by atoms with Gasteiger partial charge >= 0.3 is 0 Å². The molecule has 3 fully saturated rings. The van der Waals surface area contributed by atoms with Gasteiger partial charge in [0, 0.05) is 51.9 Å². The van der Waals surface area contributed by atoms with Gasteiger partial charge in [-0.15, -0.1) is 0 Å². The van der Waals surface area contributed by atoms with Crippen LogP contribution < -0.4 is 5.32 Å². The summed E-state index contributed by atoms with van der Waals surface area (Å²) in [6, 6.07) is 10.7. The van der Waals surface area contributed by atoms with E-state index >= 15 is 0 Å². The van der Waals surface area contributed by atoms with E-state index in [1.165, 1.54) is 0 Å². The Bertz CT molecular complexity index is 639. The smallest absolute Gasteiger partial charge is 0.225 e. The van der Waals surface area contributed by atoms with Crippen molar-refractivity contribution in [2.75, 3.05) is 32.8 Å². The van der Waals surface area contributed by atoms with E-state index in [9.17, 15) is 9.59 Å². The highest BCUT2D eigenvalue weighted by Gasteiger charge is 2.43. The van der Waals surface area contributed by atoms with Gasteiger partial charge in [0.1, 0.15) is 0 Å². The van der Waals surface area contributed by atoms with Gasteiger partial charge in [0.25, 0.3) is 0 Å². The van der Waals surface area contributed by atoms with Crippen LogP contribution in [0.5, 0.6) is 0 Å². The lowest BCUT2D eigenvalue weighted by Crippen LogP contribution is -2.63. The molecule has 6 heteroatoms. The minimum atomic E-state index is -0.219. The average molecular weight is 357 g/mol. The van der Waals surface area contributed by atoms with Crippen molar-refractivity contribution in [2.24, 2.45) is 5.92 Å². The number of benzene rings is 1. The second-order valence-corrected chi connectivity index (χ2v) is 7.60. The zero-order valence-electron chi connectivity index (χ0n) is 15.1. The third kappa shape index (κ3) is 3.76. The molecular weight excluding hydrogens is 330 g/mol. The van der Waals surface area contributed by atoms with Gasteiger partial charge in [-0.05, 0) is 18.4 Å². The molecule has 1 aromatic rings. The molecule has 1 N–H and O–H groups in total. The van der Waals surface area contributed by atoms with Crippen LogP contribution in [-0.2, 0) is 20.9 Å². The summed E-state index contributed by atoms with van der Waals surface area (Å²) in [5, 5.41) is 2.98. The molecule has 3 heterocycles. The molecule has 0 saturated carbocycles. The van der Waals surface area contributed by atoms with Crippen LogP contribution in [0, 0.1) is 5.92 Å². The zero-order chi connectivity index (χ0) is 17.9. The average Bonchev–Trinajstić information content (AvgIpc) is 3.02. The summed E-state index contributed by atoms with van der Waals surface area (Å²) in [5.74, 6) is -0.102. The number of nitrogens with one attached hydrogen (secondary N) is 1. The normalized spacial score (nSPS) is 25.3. The lowest BCUT2D eigenvalue weighted by atomic mass is 9.99. The summed E-state index contributed by atoms with van der Waals surface area (Å²) in [5.41, 5.74) is 1.08. The Morgan fingerprint density at radius 2 is 1.81 bits per heavy atom. The van der Waals surface area contributed by atoms with E-state index in [0.717, 1.165) is 44.7 Å². The zero-order valence-corrected chi connectivity index (χ0v) is 15.1. The predicted molar refractivity (Wildman–Crippen MR) is 97.3 cm³/mol. The monoisotopic (exact) mass is 357 g/mol. The van der Waals surface area contributed by atoms with Crippen molar-refractivity contribution in [3.63, 3.8) is 0 Å². The number of carbonyl (C=O) groups excluding carboxylic acids is 2. The molecule has 2 amide bonds. The predicted octanol–water partition coefficient (Wildman–Crippen LogP) is 1.01. The number of hydrogen-bond acceptors (Lipinski definition) is 4. The third-order valence-corrected chi connectivity index (χ3v) is 5.88. The fourth-order valence-corrected chi connectivity index (χ4v) is 4.22.